The van der Waals surface area contributed by atoms with Gasteiger partial charge in [0, 0.05) is 10.6 Å². The number of ketones is 1. The van der Waals surface area contributed by atoms with Crippen LogP contribution >= 0.6 is 11.6 Å². The third-order valence-electron chi connectivity index (χ3n) is 4.33. The predicted octanol–water partition coefficient (Wildman–Crippen LogP) is 1.29. The van der Waals surface area contributed by atoms with Crippen LogP contribution in [-0.4, -0.2) is 29.7 Å². The van der Waals surface area contributed by atoms with Gasteiger partial charge < -0.3 is 16.2 Å². The van der Waals surface area contributed by atoms with E-state index in [-0.39, 0.29) is 18.1 Å². The predicted molar refractivity (Wildman–Crippen MR) is 86.1 cm³/mol. The lowest BCUT2D eigenvalue weighted by atomic mass is 9.73. The largest absolute Gasteiger partial charge is 0.468 e. The van der Waals surface area contributed by atoms with Crippen LogP contribution in [0.1, 0.15) is 31.2 Å². The molecule has 0 spiro atoms. The number of Topliss-reactive ketones (excluding diaryl/α,β-unsaturated/α-hetero) is 1. The van der Waals surface area contributed by atoms with Crippen molar-refractivity contribution in [2.75, 3.05) is 0 Å². The summed E-state index contributed by atoms with van der Waals surface area (Å²) >= 11 is 6.31. The fourth-order valence-electron chi connectivity index (χ4n) is 3.25. The third kappa shape index (κ3) is 2.72. The van der Waals surface area contributed by atoms with Crippen LogP contribution < -0.4 is 11.5 Å². The van der Waals surface area contributed by atoms with Crippen LogP contribution in [-0.2, 0) is 19.9 Å². The molecule has 4 N–H and O–H groups in total. The maximum absolute atomic E-state index is 12.8. The lowest BCUT2D eigenvalue weighted by Crippen LogP contribution is -2.54. The number of nitrogens with two attached hydrogens (primary N) is 2. The Labute approximate surface area is 138 Å². The second kappa shape index (κ2) is 5.94. The molecule has 1 unspecified atom stereocenters. The molecule has 1 fully saturated rings. The van der Waals surface area contributed by atoms with Gasteiger partial charge >= 0.3 is 0 Å². The number of hydrogen-bond acceptors (Lipinski definition) is 5. The van der Waals surface area contributed by atoms with E-state index in [1.54, 1.807) is 18.2 Å². The quantitative estimate of drug-likeness (QED) is 0.864. The zero-order valence-electron chi connectivity index (χ0n) is 12.5. The van der Waals surface area contributed by atoms with Gasteiger partial charge in [0.2, 0.25) is 17.6 Å². The number of benzene rings is 1. The number of carbonyl (C=O) groups is 2. The number of ether oxygens (including phenoxy) is 1. The van der Waals surface area contributed by atoms with Gasteiger partial charge in [0.1, 0.15) is 0 Å². The Balaban J connectivity index is 2.09. The molecule has 2 bridgehead atoms. The molecule has 3 rings (SSSR count). The summed E-state index contributed by atoms with van der Waals surface area (Å²) in [5.41, 5.74) is 10.7. The molecule has 1 aromatic carbocycles. The van der Waals surface area contributed by atoms with Crippen LogP contribution in [0, 0.1) is 0 Å². The Morgan fingerprint density at radius 2 is 2.22 bits per heavy atom. The summed E-state index contributed by atoms with van der Waals surface area (Å²) in [6, 6.07) is 6.39. The minimum atomic E-state index is -1.08. The van der Waals surface area contributed by atoms with Crippen molar-refractivity contribution in [1.29, 1.82) is 0 Å². The summed E-state index contributed by atoms with van der Waals surface area (Å²) in [7, 11) is 0. The Bertz CT molecular complexity index is 691. The van der Waals surface area contributed by atoms with Gasteiger partial charge in [-0.2, -0.15) is 0 Å². The molecule has 0 aromatic heterocycles. The van der Waals surface area contributed by atoms with Crippen LogP contribution in [0.25, 0.3) is 0 Å². The fourth-order valence-corrected chi connectivity index (χ4v) is 3.54. The lowest BCUT2D eigenvalue weighted by molar-refractivity contribution is -0.137. The van der Waals surface area contributed by atoms with Gasteiger partial charge in [-0.3, -0.25) is 9.59 Å². The van der Waals surface area contributed by atoms with Crippen LogP contribution in [0.5, 0.6) is 0 Å². The third-order valence-corrected chi connectivity index (χ3v) is 4.66. The zero-order valence-corrected chi connectivity index (χ0v) is 13.3. The number of rotatable bonds is 4. The highest BCUT2D eigenvalue weighted by atomic mass is 35.5. The van der Waals surface area contributed by atoms with E-state index in [0.717, 1.165) is 6.42 Å². The number of fused-ring (bicyclic) bond motifs is 2. The molecular formula is C16H18ClN3O3. The molecule has 1 aliphatic heterocycles. The van der Waals surface area contributed by atoms with Gasteiger partial charge in [0.15, 0.2) is 11.6 Å². The topological polar surface area (TPSA) is 108 Å². The second-order valence-electron chi connectivity index (χ2n) is 5.93. The highest BCUT2D eigenvalue weighted by Gasteiger charge is 2.52. The number of halogens is 1. The maximum atomic E-state index is 12.8. The van der Waals surface area contributed by atoms with E-state index in [1.807, 2.05) is 6.07 Å². The lowest BCUT2D eigenvalue weighted by Gasteiger charge is -2.42. The Kier molecular flexibility index (Phi) is 4.12. The molecule has 2 aliphatic rings. The van der Waals surface area contributed by atoms with E-state index >= 15 is 0 Å². The van der Waals surface area contributed by atoms with Crippen LogP contribution in [0.15, 0.2) is 29.3 Å². The first kappa shape index (κ1) is 16.0. The van der Waals surface area contributed by atoms with Crippen molar-refractivity contribution in [2.24, 2.45) is 16.5 Å². The normalized spacial score (nSPS) is 27.8. The number of nitrogens with zero attached hydrogens (tertiary/aromatic N) is 1. The van der Waals surface area contributed by atoms with Gasteiger partial charge in [0.25, 0.3) is 0 Å². The molecule has 3 atom stereocenters. The summed E-state index contributed by atoms with van der Waals surface area (Å²) in [4.78, 5) is 28.5. The van der Waals surface area contributed by atoms with Crippen LogP contribution in [0.4, 0.5) is 0 Å². The Morgan fingerprint density at radius 1 is 1.48 bits per heavy atom. The van der Waals surface area contributed by atoms with Crippen molar-refractivity contribution < 1.29 is 14.3 Å². The summed E-state index contributed by atoms with van der Waals surface area (Å²) in [6.45, 7) is 0. The molecule has 0 radical (unpaired) electrons. The maximum Gasteiger partial charge on any atom is 0.219 e. The van der Waals surface area contributed by atoms with Gasteiger partial charge in [-0.15, -0.1) is 0 Å². The Morgan fingerprint density at radius 3 is 2.91 bits per heavy atom. The summed E-state index contributed by atoms with van der Waals surface area (Å²) in [5, 5.41) is 0.481. The van der Waals surface area contributed by atoms with Crippen molar-refractivity contribution in [1.82, 2.24) is 0 Å². The fraction of sp³-hybridized carbons (Fsp3) is 0.438. The molecule has 1 aliphatic carbocycles. The molecule has 6 nitrogen and oxygen atoms in total. The van der Waals surface area contributed by atoms with Crippen molar-refractivity contribution in [3.05, 3.63) is 34.9 Å². The average molecular weight is 336 g/mol. The molecule has 7 heteroatoms. The van der Waals surface area contributed by atoms with E-state index in [2.05, 4.69) is 4.99 Å². The highest BCUT2D eigenvalue weighted by molar-refractivity contribution is 6.32. The zero-order chi connectivity index (χ0) is 16.6. The van der Waals surface area contributed by atoms with Crippen molar-refractivity contribution in [3.8, 4) is 0 Å². The summed E-state index contributed by atoms with van der Waals surface area (Å²) in [6.07, 6.45) is 1.25. The molecule has 1 aromatic rings. The number of carbonyl (C=O) groups excluding carboxylic acids is 2. The van der Waals surface area contributed by atoms with E-state index in [1.165, 1.54) is 0 Å². The molecule has 0 saturated heterocycles. The molecular weight excluding hydrogens is 318 g/mol. The first-order valence-corrected chi connectivity index (χ1v) is 7.91. The average Bonchev–Trinajstić information content (AvgIpc) is 2.47. The van der Waals surface area contributed by atoms with Crippen LogP contribution in [0.2, 0.25) is 5.02 Å². The highest BCUT2D eigenvalue weighted by Crippen LogP contribution is 2.44. The number of primary amides is 1. The van der Waals surface area contributed by atoms with Crippen molar-refractivity contribution in [3.63, 3.8) is 0 Å². The Hall–Kier alpha value is -1.92. The molecule has 23 heavy (non-hydrogen) atoms. The number of amides is 1. The van der Waals surface area contributed by atoms with E-state index in [0.29, 0.717) is 23.4 Å². The molecule has 1 heterocycles. The van der Waals surface area contributed by atoms with Gasteiger partial charge in [-0.25, -0.2) is 4.99 Å². The molecule has 1 saturated carbocycles. The van der Waals surface area contributed by atoms with E-state index < -0.39 is 23.6 Å². The minimum absolute atomic E-state index is 0.0850. The van der Waals surface area contributed by atoms with E-state index in [4.69, 9.17) is 27.8 Å². The molecule has 1 amide bonds. The van der Waals surface area contributed by atoms with Crippen LogP contribution in [0.3, 0.4) is 0 Å². The summed E-state index contributed by atoms with van der Waals surface area (Å²) in [5.74, 6) is -0.447. The number of aliphatic imine (C=N–C) groups is 1. The van der Waals surface area contributed by atoms with Gasteiger partial charge in [-0.05, 0) is 25.3 Å². The SMILES string of the molecule is NC(=O)CC(N)C1=N[C@]2(c3ccccc3Cl)CCC[C@H](O1)C2=O. The number of hydrogen-bond donors (Lipinski definition) is 2. The smallest absolute Gasteiger partial charge is 0.219 e. The van der Waals surface area contributed by atoms with E-state index in [9.17, 15) is 9.59 Å². The first-order chi connectivity index (χ1) is 10.9. The standard InChI is InChI=1S/C16H18ClN3O3/c17-10-5-2-1-4-9(10)16-7-3-6-12(14(16)22)23-15(20-16)11(18)8-13(19)21/h1-2,4-5,11-12H,3,6-8,18H2,(H2,19,21)/t11?,12-,16-/m0/s1. The molecule has 122 valence electrons. The first-order valence-electron chi connectivity index (χ1n) is 7.53. The van der Waals surface area contributed by atoms with Gasteiger partial charge in [-0.1, -0.05) is 29.8 Å². The van der Waals surface area contributed by atoms with Gasteiger partial charge in [0.05, 0.1) is 12.5 Å². The second-order valence-corrected chi connectivity index (χ2v) is 6.34. The van der Waals surface area contributed by atoms with Crippen molar-refractivity contribution in [2.45, 2.75) is 43.4 Å². The minimum Gasteiger partial charge on any atom is -0.468 e. The summed E-state index contributed by atoms with van der Waals surface area (Å²) < 4.78 is 5.64. The van der Waals surface area contributed by atoms with Crippen molar-refractivity contribution >= 4 is 29.2 Å². The monoisotopic (exact) mass is 335 g/mol.